The van der Waals surface area contributed by atoms with Crippen LogP contribution < -0.4 is 5.32 Å². The van der Waals surface area contributed by atoms with Crippen molar-refractivity contribution in [2.45, 2.75) is 45.7 Å². The van der Waals surface area contributed by atoms with Crippen LogP contribution in [0.15, 0.2) is 24.3 Å². The Morgan fingerprint density at radius 3 is 2.86 bits per heavy atom. The van der Waals surface area contributed by atoms with Gasteiger partial charge in [-0.05, 0) is 57.9 Å². The van der Waals surface area contributed by atoms with Crippen LogP contribution >= 0.6 is 11.6 Å². The highest BCUT2D eigenvalue weighted by Gasteiger charge is 2.27. The Labute approximate surface area is 132 Å². The highest BCUT2D eigenvalue weighted by molar-refractivity contribution is 6.30. The highest BCUT2D eigenvalue weighted by Crippen LogP contribution is 2.20. The van der Waals surface area contributed by atoms with Gasteiger partial charge in [0.05, 0.1) is 5.92 Å². The monoisotopic (exact) mass is 308 g/mol. The first-order valence-electron chi connectivity index (χ1n) is 7.62. The molecular formula is C17H25ClN2O. The van der Waals surface area contributed by atoms with Crippen molar-refractivity contribution in [2.75, 3.05) is 13.1 Å². The summed E-state index contributed by atoms with van der Waals surface area (Å²) in [6.45, 7) is 8.81. The van der Waals surface area contributed by atoms with Gasteiger partial charge in [0.2, 0.25) is 5.91 Å². The van der Waals surface area contributed by atoms with E-state index in [4.69, 9.17) is 11.6 Å². The summed E-state index contributed by atoms with van der Waals surface area (Å²) in [6, 6.07) is 7.96. The van der Waals surface area contributed by atoms with Gasteiger partial charge in [0.15, 0.2) is 0 Å². The Hall–Kier alpha value is -1.06. The standard InChI is InChI=1S/C17H25ClN2O/c1-17(2,3)19-16(21)14-7-5-9-20(12-14)11-13-6-4-8-15(18)10-13/h4,6,8,10,14H,5,7,9,11-12H2,1-3H3,(H,19,21). The van der Waals surface area contributed by atoms with Crippen molar-refractivity contribution in [1.29, 1.82) is 0 Å². The van der Waals surface area contributed by atoms with Crippen LogP contribution in [0.4, 0.5) is 0 Å². The first-order valence-corrected chi connectivity index (χ1v) is 8.00. The lowest BCUT2D eigenvalue weighted by atomic mass is 9.95. The number of amides is 1. The zero-order valence-electron chi connectivity index (χ0n) is 13.2. The number of hydrogen-bond acceptors (Lipinski definition) is 2. The molecule has 116 valence electrons. The van der Waals surface area contributed by atoms with Gasteiger partial charge in [0, 0.05) is 23.7 Å². The van der Waals surface area contributed by atoms with Gasteiger partial charge in [0.1, 0.15) is 0 Å². The molecule has 21 heavy (non-hydrogen) atoms. The SMILES string of the molecule is CC(C)(C)NC(=O)C1CCCN(Cc2cccc(Cl)c2)C1. The van der Waals surface area contributed by atoms with E-state index in [0.29, 0.717) is 0 Å². The van der Waals surface area contributed by atoms with E-state index in [0.717, 1.165) is 37.5 Å². The van der Waals surface area contributed by atoms with Crippen LogP contribution in [0.25, 0.3) is 0 Å². The topological polar surface area (TPSA) is 32.3 Å². The van der Waals surface area contributed by atoms with Gasteiger partial charge in [-0.15, -0.1) is 0 Å². The van der Waals surface area contributed by atoms with E-state index in [1.807, 2.05) is 39.0 Å². The normalized spacial score (nSPS) is 20.3. The Bertz CT molecular complexity index is 496. The second-order valence-corrected chi connectivity index (χ2v) is 7.38. The first kappa shape index (κ1) is 16.3. The molecule has 1 aromatic rings. The summed E-state index contributed by atoms with van der Waals surface area (Å²) in [4.78, 5) is 14.7. The zero-order valence-corrected chi connectivity index (χ0v) is 13.9. The fraction of sp³-hybridized carbons (Fsp3) is 0.588. The van der Waals surface area contributed by atoms with Gasteiger partial charge in [0.25, 0.3) is 0 Å². The lowest BCUT2D eigenvalue weighted by Crippen LogP contribution is -2.48. The largest absolute Gasteiger partial charge is 0.351 e. The predicted octanol–water partition coefficient (Wildman–Crippen LogP) is 3.47. The van der Waals surface area contributed by atoms with Crippen molar-refractivity contribution in [3.63, 3.8) is 0 Å². The van der Waals surface area contributed by atoms with Crippen molar-refractivity contribution in [3.05, 3.63) is 34.9 Å². The molecule has 0 aromatic heterocycles. The molecule has 1 unspecified atom stereocenters. The van der Waals surface area contributed by atoms with Gasteiger partial charge in [-0.1, -0.05) is 23.7 Å². The van der Waals surface area contributed by atoms with Gasteiger partial charge < -0.3 is 5.32 Å². The van der Waals surface area contributed by atoms with Crippen molar-refractivity contribution < 1.29 is 4.79 Å². The van der Waals surface area contributed by atoms with Crippen LogP contribution in [0.2, 0.25) is 5.02 Å². The third-order valence-corrected chi connectivity index (χ3v) is 3.90. The smallest absolute Gasteiger partial charge is 0.224 e. The number of carbonyl (C=O) groups is 1. The molecule has 1 atom stereocenters. The summed E-state index contributed by atoms with van der Waals surface area (Å²) in [7, 11) is 0. The Kier molecular flexibility index (Phi) is 5.28. The number of halogens is 1. The fourth-order valence-electron chi connectivity index (χ4n) is 2.78. The molecule has 0 saturated carbocycles. The van der Waals surface area contributed by atoms with Crippen molar-refractivity contribution in [3.8, 4) is 0 Å². The maximum Gasteiger partial charge on any atom is 0.224 e. The summed E-state index contributed by atoms with van der Waals surface area (Å²) >= 11 is 6.03. The number of benzene rings is 1. The Morgan fingerprint density at radius 1 is 1.43 bits per heavy atom. The minimum absolute atomic E-state index is 0.0946. The molecule has 2 rings (SSSR count). The molecule has 0 radical (unpaired) electrons. The third kappa shape index (κ3) is 5.33. The molecule has 0 aliphatic carbocycles. The number of rotatable bonds is 3. The Balaban J connectivity index is 1.93. The van der Waals surface area contributed by atoms with Crippen LogP contribution in [0.1, 0.15) is 39.2 Å². The molecule has 4 heteroatoms. The number of hydrogen-bond donors (Lipinski definition) is 1. The summed E-state index contributed by atoms with van der Waals surface area (Å²) in [5.74, 6) is 0.274. The summed E-state index contributed by atoms with van der Waals surface area (Å²) in [5, 5.41) is 3.87. The highest BCUT2D eigenvalue weighted by atomic mass is 35.5. The average Bonchev–Trinajstić information content (AvgIpc) is 2.37. The van der Waals surface area contributed by atoms with Gasteiger partial charge in [-0.25, -0.2) is 0 Å². The molecule has 1 heterocycles. The fourth-order valence-corrected chi connectivity index (χ4v) is 2.99. The van der Waals surface area contributed by atoms with Crippen LogP contribution in [0.5, 0.6) is 0 Å². The molecule has 1 aliphatic heterocycles. The van der Waals surface area contributed by atoms with Gasteiger partial charge in [-0.3, -0.25) is 9.69 Å². The minimum atomic E-state index is -0.160. The minimum Gasteiger partial charge on any atom is -0.351 e. The second-order valence-electron chi connectivity index (χ2n) is 6.94. The Morgan fingerprint density at radius 2 is 2.19 bits per heavy atom. The summed E-state index contributed by atoms with van der Waals surface area (Å²) in [6.07, 6.45) is 2.05. The van der Waals surface area contributed by atoms with E-state index in [2.05, 4.69) is 16.3 Å². The maximum absolute atomic E-state index is 12.3. The van der Waals surface area contributed by atoms with Crippen LogP contribution in [0, 0.1) is 5.92 Å². The summed E-state index contributed by atoms with van der Waals surface area (Å²) < 4.78 is 0. The third-order valence-electron chi connectivity index (χ3n) is 3.67. The molecule has 3 nitrogen and oxygen atoms in total. The van der Waals surface area contributed by atoms with Gasteiger partial charge >= 0.3 is 0 Å². The molecule has 1 aromatic carbocycles. The zero-order chi connectivity index (χ0) is 15.5. The first-order chi connectivity index (χ1) is 9.83. The lowest BCUT2D eigenvalue weighted by molar-refractivity contribution is -0.128. The molecular weight excluding hydrogens is 284 g/mol. The van der Waals surface area contributed by atoms with E-state index in [-0.39, 0.29) is 17.4 Å². The van der Waals surface area contributed by atoms with E-state index in [1.54, 1.807) is 0 Å². The maximum atomic E-state index is 12.3. The second kappa shape index (κ2) is 6.80. The predicted molar refractivity (Wildman–Crippen MR) is 87.3 cm³/mol. The lowest BCUT2D eigenvalue weighted by Gasteiger charge is -2.33. The van der Waals surface area contributed by atoms with E-state index >= 15 is 0 Å². The molecule has 1 aliphatic rings. The number of likely N-dealkylation sites (tertiary alicyclic amines) is 1. The molecule has 1 saturated heterocycles. The molecule has 0 bridgehead atoms. The quantitative estimate of drug-likeness (QED) is 0.927. The summed E-state index contributed by atoms with van der Waals surface area (Å²) in [5.41, 5.74) is 1.05. The van der Waals surface area contributed by atoms with Crippen molar-refractivity contribution >= 4 is 17.5 Å². The van der Waals surface area contributed by atoms with Gasteiger partial charge in [-0.2, -0.15) is 0 Å². The van der Waals surface area contributed by atoms with E-state index < -0.39 is 0 Å². The van der Waals surface area contributed by atoms with E-state index in [9.17, 15) is 4.79 Å². The van der Waals surface area contributed by atoms with E-state index in [1.165, 1.54) is 5.56 Å². The molecule has 1 amide bonds. The average molecular weight is 309 g/mol. The number of nitrogens with one attached hydrogen (secondary N) is 1. The van der Waals surface area contributed by atoms with Crippen LogP contribution in [0.3, 0.4) is 0 Å². The number of nitrogens with zero attached hydrogens (tertiary/aromatic N) is 1. The molecule has 0 spiro atoms. The molecule has 1 N–H and O–H groups in total. The van der Waals surface area contributed by atoms with Crippen LogP contribution in [-0.4, -0.2) is 29.4 Å². The number of piperidine rings is 1. The van der Waals surface area contributed by atoms with Crippen LogP contribution in [-0.2, 0) is 11.3 Å². The molecule has 1 fully saturated rings. The number of carbonyl (C=O) groups excluding carboxylic acids is 1. The van der Waals surface area contributed by atoms with Crippen molar-refractivity contribution in [1.82, 2.24) is 10.2 Å². The van der Waals surface area contributed by atoms with Crippen molar-refractivity contribution in [2.24, 2.45) is 5.92 Å².